The second kappa shape index (κ2) is 4.19. The van der Waals surface area contributed by atoms with Crippen molar-refractivity contribution in [3.63, 3.8) is 0 Å². The van der Waals surface area contributed by atoms with E-state index in [0.717, 1.165) is 19.3 Å². The van der Waals surface area contributed by atoms with Crippen LogP contribution in [0, 0.1) is 16.2 Å². The SMILES string of the molecule is N#Cc1ncn(C2CCCCO2)c1N=O. The van der Waals surface area contributed by atoms with E-state index in [4.69, 9.17) is 10.00 Å². The van der Waals surface area contributed by atoms with Crippen LogP contribution >= 0.6 is 0 Å². The van der Waals surface area contributed by atoms with Crippen molar-refractivity contribution in [2.45, 2.75) is 25.5 Å². The van der Waals surface area contributed by atoms with Gasteiger partial charge in [0, 0.05) is 6.61 Å². The van der Waals surface area contributed by atoms with Crippen molar-refractivity contribution in [3.8, 4) is 6.07 Å². The lowest BCUT2D eigenvalue weighted by Gasteiger charge is -2.23. The van der Waals surface area contributed by atoms with Gasteiger partial charge in [-0.25, -0.2) is 4.98 Å². The fraction of sp³-hybridized carbons (Fsp3) is 0.556. The fourth-order valence-corrected chi connectivity index (χ4v) is 1.68. The highest BCUT2D eigenvalue weighted by atomic mass is 16.5. The van der Waals surface area contributed by atoms with Gasteiger partial charge >= 0.3 is 0 Å². The van der Waals surface area contributed by atoms with E-state index in [9.17, 15) is 4.91 Å². The zero-order valence-electron chi connectivity index (χ0n) is 8.09. The third-order valence-electron chi connectivity index (χ3n) is 2.43. The van der Waals surface area contributed by atoms with Crippen molar-refractivity contribution in [2.75, 3.05) is 6.61 Å². The van der Waals surface area contributed by atoms with Crippen molar-refractivity contribution in [1.82, 2.24) is 9.55 Å². The Bertz CT molecular complexity index is 401. The van der Waals surface area contributed by atoms with Crippen molar-refractivity contribution in [1.29, 1.82) is 5.26 Å². The lowest BCUT2D eigenvalue weighted by molar-refractivity contribution is -0.0309. The number of nitriles is 1. The zero-order chi connectivity index (χ0) is 10.7. The lowest BCUT2D eigenvalue weighted by atomic mass is 10.2. The molecule has 1 aliphatic heterocycles. The van der Waals surface area contributed by atoms with Crippen LogP contribution in [0.3, 0.4) is 0 Å². The molecule has 2 rings (SSSR count). The number of nitrogens with zero attached hydrogens (tertiary/aromatic N) is 4. The van der Waals surface area contributed by atoms with E-state index in [0.29, 0.717) is 6.61 Å². The molecule has 1 aliphatic rings. The fourth-order valence-electron chi connectivity index (χ4n) is 1.68. The van der Waals surface area contributed by atoms with Gasteiger partial charge in [0.05, 0.1) is 0 Å². The first-order valence-corrected chi connectivity index (χ1v) is 4.78. The number of rotatable bonds is 2. The van der Waals surface area contributed by atoms with Crippen LogP contribution in [0.15, 0.2) is 11.5 Å². The van der Waals surface area contributed by atoms with Crippen LogP contribution in [0.1, 0.15) is 31.2 Å². The number of hydrogen-bond acceptors (Lipinski definition) is 5. The molecule has 0 aliphatic carbocycles. The lowest BCUT2D eigenvalue weighted by Crippen LogP contribution is -2.17. The quantitative estimate of drug-likeness (QED) is 0.691. The molecule has 0 bridgehead atoms. The molecule has 1 fully saturated rings. The molecular formula is C9H10N4O2. The summed E-state index contributed by atoms with van der Waals surface area (Å²) >= 11 is 0. The summed E-state index contributed by atoms with van der Waals surface area (Å²) in [6, 6.07) is 1.82. The number of hydrogen-bond donors (Lipinski definition) is 0. The molecule has 0 aromatic carbocycles. The smallest absolute Gasteiger partial charge is 0.217 e. The molecule has 0 amide bonds. The minimum absolute atomic E-state index is 0.0548. The molecule has 6 heteroatoms. The Morgan fingerprint density at radius 3 is 3.13 bits per heavy atom. The molecule has 78 valence electrons. The highest BCUT2D eigenvalue weighted by Crippen LogP contribution is 2.28. The molecule has 0 saturated carbocycles. The second-order valence-corrected chi connectivity index (χ2v) is 3.35. The third kappa shape index (κ3) is 1.74. The van der Waals surface area contributed by atoms with Crippen LogP contribution in [-0.4, -0.2) is 16.2 Å². The third-order valence-corrected chi connectivity index (χ3v) is 2.43. The van der Waals surface area contributed by atoms with E-state index in [1.165, 1.54) is 10.9 Å². The molecule has 1 atom stereocenters. The Balaban J connectivity index is 2.31. The Morgan fingerprint density at radius 2 is 2.53 bits per heavy atom. The Labute approximate surface area is 86.5 Å². The zero-order valence-corrected chi connectivity index (χ0v) is 8.09. The van der Waals surface area contributed by atoms with Gasteiger partial charge in [0.25, 0.3) is 0 Å². The summed E-state index contributed by atoms with van der Waals surface area (Å²) in [7, 11) is 0. The molecule has 1 saturated heterocycles. The van der Waals surface area contributed by atoms with Gasteiger partial charge in [0.15, 0.2) is 5.69 Å². The maximum atomic E-state index is 10.6. The van der Waals surface area contributed by atoms with Gasteiger partial charge < -0.3 is 4.74 Å². The van der Waals surface area contributed by atoms with E-state index in [-0.39, 0.29) is 17.7 Å². The van der Waals surface area contributed by atoms with Gasteiger partial charge in [0.2, 0.25) is 5.82 Å². The molecule has 0 N–H and O–H groups in total. The van der Waals surface area contributed by atoms with Crippen molar-refractivity contribution in [3.05, 3.63) is 16.9 Å². The van der Waals surface area contributed by atoms with Crippen molar-refractivity contribution in [2.24, 2.45) is 5.18 Å². The van der Waals surface area contributed by atoms with Gasteiger partial charge in [-0.2, -0.15) is 5.26 Å². The molecular weight excluding hydrogens is 196 g/mol. The monoisotopic (exact) mass is 206 g/mol. The summed E-state index contributed by atoms with van der Waals surface area (Å²) in [4.78, 5) is 14.4. The van der Waals surface area contributed by atoms with Crippen molar-refractivity contribution >= 4 is 5.82 Å². The standard InChI is InChI=1S/C9H10N4O2/c10-5-7-9(12-14)13(6-11-7)8-3-1-2-4-15-8/h6,8H,1-4H2. The second-order valence-electron chi connectivity index (χ2n) is 3.35. The summed E-state index contributed by atoms with van der Waals surface area (Å²) in [6.45, 7) is 0.670. The van der Waals surface area contributed by atoms with Gasteiger partial charge in [-0.15, -0.1) is 4.91 Å². The van der Waals surface area contributed by atoms with Crippen LogP contribution in [0.25, 0.3) is 0 Å². The number of ether oxygens (including phenoxy) is 1. The van der Waals surface area contributed by atoms with Crippen LogP contribution in [-0.2, 0) is 4.74 Å². The summed E-state index contributed by atoms with van der Waals surface area (Å²) < 4.78 is 7.01. The van der Waals surface area contributed by atoms with Gasteiger partial charge in [-0.1, -0.05) is 0 Å². The number of imidazole rings is 1. The van der Waals surface area contributed by atoms with E-state index in [1.54, 1.807) is 0 Å². The summed E-state index contributed by atoms with van der Waals surface area (Å²) in [5.41, 5.74) is 0.0548. The first kappa shape index (κ1) is 9.80. The maximum absolute atomic E-state index is 10.6. The Hall–Kier alpha value is -1.74. The van der Waals surface area contributed by atoms with Crippen LogP contribution < -0.4 is 0 Å². The number of nitroso groups, excluding NO2 is 1. The van der Waals surface area contributed by atoms with E-state index >= 15 is 0 Å². The molecule has 1 aromatic heterocycles. The van der Waals surface area contributed by atoms with Crippen LogP contribution in [0.5, 0.6) is 0 Å². The van der Waals surface area contributed by atoms with Gasteiger partial charge in [-0.05, 0) is 24.4 Å². The summed E-state index contributed by atoms with van der Waals surface area (Å²) in [6.07, 6.45) is 4.12. The molecule has 0 radical (unpaired) electrons. The molecule has 6 nitrogen and oxygen atoms in total. The Kier molecular flexibility index (Phi) is 2.74. The predicted octanol–water partition coefficient (Wildman–Crippen LogP) is 1.85. The highest BCUT2D eigenvalue weighted by molar-refractivity contribution is 5.43. The molecule has 2 heterocycles. The van der Waals surface area contributed by atoms with Crippen LogP contribution in [0.2, 0.25) is 0 Å². The maximum Gasteiger partial charge on any atom is 0.217 e. The minimum atomic E-state index is -0.207. The van der Waals surface area contributed by atoms with Crippen molar-refractivity contribution < 1.29 is 4.74 Å². The minimum Gasteiger partial charge on any atom is -0.358 e. The van der Waals surface area contributed by atoms with E-state index < -0.39 is 0 Å². The first-order chi connectivity index (χ1) is 7.36. The Morgan fingerprint density at radius 1 is 1.67 bits per heavy atom. The molecule has 0 spiro atoms. The highest BCUT2D eigenvalue weighted by Gasteiger charge is 2.21. The molecule has 15 heavy (non-hydrogen) atoms. The van der Waals surface area contributed by atoms with Gasteiger partial charge in [0.1, 0.15) is 18.6 Å². The first-order valence-electron chi connectivity index (χ1n) is 4.78. The average molecular weight is 206 g/mol. The largest absolute Gasteiger partial charge is 0.358 e. The predicted molar refractivity (Wildman–Crippen MR) is 51.2 cm³/mol. The van der Waals surface area contributed by atoms with Crippen LogP contribution in [0.4, 0.5) is 5.82 Å². The van der Waals surface area contributed by atoms with Gasteiger partial charge in [-0.3, -0.25) is 4.57 Å². The molecule has 1 unspecified atom stereocenters. The number of aromatic nitrogens is 2. The summed E-state index contributed by atoms with van der Waals surface area (Å²) in [5.74, 6) is 0.0596. The van der Waals surface area contributed by atoms with E-state index in [2.05, 4.69) is 10.2 Å². The topological polar surface area (TPSA) is 80.3 Å². The summed E-state index contributed by atoms with van der Waals surface area (Å²) in [5, 5.41) is 11.5. The normalized spacial score (nSPS) is 20.9. The van der Waals surface area contributed by atoms with E-state index in [1.807, 2.05) is 6.07 Å². The molecule has 1 aromatic rings. The average Bonchev–Trinajstić information content (AvgIpc) is 2.72.